The van der Waals surface area contributed by atoms with Gasteiger partial charge in [-0.05, 0) is 29.2 Å². The topological polar surface area (TPSA) is 12.9 Å². The molecule has 8 heteroatoms. The van der Waals surface area contributed by atoms with E-state index < -0.39 is 52.3 Å². The Morgan fingerprint density at radius 2 is 1.39 bits per heavy atom. The minimum atomic E-state index is -4.78. The summed E-state index contributed by atoms with van der Waals surface area (Å²) in [6.07, 6.45) is -4.78. The van der Waals surface area contributed by atoms with E-state index in [9.17, 15) is 30.7 Å². The minimum absolute atomic E-state index is 0.117. The van der Waals surface area contributed by atoms with Gasteiger partial charge < -0.3 is 0 Å². The molecule has 0 saturated carbocycles. The van der Waals surface area contributed by atoms with Crippen LogP contribution in [-0.2, 0) is 6.18 Å². The molecule has 1 nitrogen and oxygen atoms in total. The fraction of sp³-hybridized carbons (Fsp3) is 0.267. The largest absolute Gasteiger partial charge is 0.416 e. The van der Waals surface area contributed by atoms with Crippen LogP contribution in [0.5, 0.6) is 0 Å². The van der Waals surface area contributed by atoms with Crippen molar-refractivity contribution in [3.8, 4) is 11.1 Å². The number of alkyl halides is 3. The van der Waals surface area contributed by atoms with Gasteiger partial charge in [0.05, 0.1) is 11.1 Å². The Morgan fingerprint density at radius 3 is 1.83 bits per heavy atom. The van der Waals surface area contributed by atoms with Crippen molar-refractivity contribution in [2.24, 2.45) is 0 Å². The third kappa shape index (κ3) is 3.30. The summed E-state index contributed by atoms with van der Waals surface area (Å²) in [6, 6.07) is 2.31. The maximum Gasteiger partial charge on any atom is 0.416 e. The van der Waals surface area contributed by atoms with Crippen LogP contribution in [0.15, 0.2) is 18.2 Å². The van der Waals surface area contributed by atoms with Crippen molar-refractivity contribution < 1.29 is 30.7 Å². The zero-order valence-electron chi connectivity index (χ0n) is 11.9. The summed E-state index contributed by atoms with van der Waals surface area (Å²) in [6.45, 7) is 3.14. The highest BCUT2D eigenvalue weighted by Gasteiger charge is 2.32. The molecule has 1 heterocycles. The van der Waals surface area contributed by atoms with Gasteiger partial charge >= 0.3 is 6.18 Å². The first kappa shape index (κ1) is 17.2. The quantitative estimate of drug-likeness (QED) is 0.525. The molecule has 0 aliphatic heterocycles. The summed E-state index contributed by atoms with van der Waals surface area (Å²) in [5, 5.41) is 0. The normalized spacial score (nSPS) is 12.1. The standard InChI is InChI=1S/C15H10F7N/c1-6(2)7-3-8(5-9(4-7)15(20,21)22)10-11(16)13(18)23-14(19)12(10)17/h3-6H,1-2H3. The van der Waals surface area contributed by atoms with Gasteiger partial charge in [-0.25, -0.2) is 8.78 Å². The summed E-state index contributed by atoms with van der Waals surface area (Å²) in [4.78, 5) is 2.38. The van der Waals surface area contributed by atoms with E-state index >= 15 is 0 Å². The molecule has 0 atom stereocenters. The maximum atomic E-state index is 13.8. The van der Waals surface area contributed by atoms with Crippen LogP contribution in [0.2, 0.25) is 0 Å². The zero-order valence-corrected chi connectivity index (χ0v) is 11.9. The second-order valence-electron chi connectivity index (χ2n) is 5.19. The molecule has 2 aromatic rings. The first-order valence-corrected chi connectivity index (χ1v) is 6.45. The van der Waals surface area contributed by atoms with E-state index in [1.165, 1.54) is 0 Å². The van der Waals surface area contributed by atoms with Crippen molar-refractivity contribution in [2.45, 2.75) is 25.9 Å². The van der Waals surface area contributed by atoms with Crippen molar-refractivity contribution in [1.29, 1.82) is 0 Å². The first-order chi connectivity index (χ1) is 10.5. The molecule has 0 radical (unpaired) electrons. The molecule has 23 heavy (non-hydrogen) atoms. The van der Waals surface area contributed by atoms with Crippen LogP contribution < -0.4 is 0 Å². The van der Waals surface area contributed by atoms with Crippen molar-refractivity contribution in [2.75, 3.05) is 0 Å². The smallest absolute Gasteiger partial charge is 0.201 e. The Balaban J connectivity index is 2.81. The van der Waals surface area contributed by atoms with Gasteiger partial charge in [0.15, 0.2) is 11.6 Å². The van der Waals surface area contributed by atoms with Crippen LogP contribution in [0, 0.1) is 23.5 Å². The van der Waals surface area contributed by atoms with Gasteiger partial charge in [0, 0.05) is 0 Å². The third-order valence-corrected chi connectivity index (χ3v) is 3.24. The van der Waals surface area contributed by atoms with Crippen molar-refractivity contribution >= 4 is 0 Å². The second kappa shape index (κ2) is 5.82. The van der Waals surface area contributed by atoms with E-state index in [0.29, 0.717) is 6.07 Å². The molecule has 0 aliphatic carbocycles. The van der Waals surface area contributed by atoms with Crippen LogP contribution in [0.25, 0.3) is 11.1 Å². The Morgan fingerprint density at radius 1 is 0.870 bits per heavy atom. The van der Waals surface area contributed by atoms with E-state index in [4.69, 9.17) is 0 Å². The molecule has 0 spiro atoms. The SMILES string of the molecule is CC(C)c1cc(-c2c(F)c(F)nc(F)c2F)cc(C(F)(F)F)c1. The molecule has 0 bridgehead atoms. The van der Waals surface area contributed by atoms with Gasteiger partial charge in [-0.15, -0.1) is 0 Å². The lowest BCUT2D eigenvalue weighted by Gasteiger charge is -2.15. The number of halogens is 7. The number of hydrogen-bond acceptors (Lipinski definition) is 1. The molecule has 0 unspecified atom stereocenters. The van der Waals surface area contributed by atoms with Crippen LogP contribution in [0.1, 0.15) is 30.9 Å². The van der Waals surface area contributed by atoms with E-state index in [2.05, 4.69) is 4.98 Å². The monoisotopic (exact) mass is 337 g/mol. The number of benzene rings is 1. The summed E-state index contributed by atoms with van der Waals surface area (Å²) < 4.78 is 92.7. The van der Waals surface area contributed by atoms with Gasteiger partial charge in [-0.2, -0.15) is 26.9 Å². The van der Waals surface area contributed by atoms with Gasteiger partial charge in [-0.1, -0.05) is 19.9 Å². The molecule has 2 rings (SSSR count). The van der Waals surface area contributed by atoms with E-state index in [-0.39, 0.29) is 5.56 Å². The molecule has 0 amide bonds. The van der Waals surface area contributed by atoms with Gasteiger partial charge in [-0.3, -0.25) is 0 Å². The highest BCUT2D eigenvalue weighted by Crippen LogP contribution is 2.37. The van der Waals surface area contributed by atoms with Crippen LogP contribution >= 0.6 is 0 Å². The zero-order chi connectivity index (χ0) is 17.5. The Bertz CT molecular complexity index is 724. The van der Waals surface area contributed by atoms with Crippen LogP contribution in [-0.4, -0.2) is 4.98 Å². The first-order valence-electron chi connectivity index (χ1n) is 6.45. The molecule has 0 fully saturated rings. The predicted octanol–water partition coefficient (Wildman–Crippen LogP) is 5.45. The molecule has 1 aromatic heterocycles. The summed E-state index contributed by atoms with van der Waals surface area (Å²) in [7, 11) is 0. The third-order valence-electron chi connectivity index (χ3n) is 3.24. The fourth-order valence-corrected chi connectivity index (χ4v) is 2.03. The van der Waals surface area contributed by atoms with Crippen molar-refractivity contribution in [1.82, 2.24) is 4.98 Å². The van der Waals surface area contributed by atoms with E-state index in [0.717, 1.165) is 12.1 Å². The fourth-order valence-electron chi connectivity index (χ4n) is 2.03. The van der Waals surface area contributed by atoms with Crippen LogP contribution in [0.4, 0.5) is 30.7 Å². The maximum absolute atomic E-state index is 13.8. The second-order valence-corrected chi connectivity index (χ2v) is 5.19. The average Bonchev–Trinajstić information content (AvgIpc) is 2.44. The lowest BCUT2D eigenvalue weighted by molar-refractivity contribution is -0.137. The average molecular weight is 337 g/mol. The molecule has 0 N–H and O–H groups in total. The van der Waals surface area contributed by atoms with Crippen molar-refractivity contribution in [3.05, 3.63) is 52.9 Å². The molecular formula is C15H10F7N. The number of pyridine rings is 1. The van der Waals surface area contributed by atoms with E-state index in [1.54, 1.807) is 13.8 Å². The van der Waals surface area contributed by atoms with Gasteiger partial charge in [0.25, 0.3) is 11.9 Å². The highest BCUT2D eigenvalue weighted by molar-refractivity contribution is 5.67. The molecule has 0 saturated heterocycles. The van der Waals surface area contributed by atoms with Gasteiger partial charge in [0.1, 0.15) is 0 Å². The molecule has 124 valence electrons. The number of nitrogens with zero attached hydrogens (tertiary/aromatic N) is 1. The Hall–Kier alpha value is -2.12. The van der Waals surface area contributed by atoms with Crippen molar-refractivity contribution in [3.63, 3.8) is 0 Å². The summed E-state index contributed by atoms with van der Waals surface area (Å²) >= 11 is 0. The minimum Gasteiger partial charge on any atom is -0.201 e. The number of hydrogen-bond donors (Lipinski definition) is 0. The molecule has 1 aromatic carbocycles. The molecule has 0 aliphatic rings. The summed E-state index contributed by atoms with van der Waals surface area (Å²) in [5.41, 5.74) is -2.89. The number of rotatable bonds is 2. The summed E-state index contributed by atoms with van der Waals surface area (Å²) in [5.74, 6) is -7.96. The molecular weight excluding hydrogens is 327 g/mol. The predicted molar refractivity (Wildman–Crippen MR) is 68.6 cm³/mol. The van der Waals surface area contributed by atoms with Crippen LogP contribution in [0.3, 0.4) is 0 Å². The number of aromatic nitrogens is 1. The lowest BCUT2D eigenvalue weighted by Crippen LogP contribution is -2.08. The Labute approximate surface area is 126 Å². The van der Waals surface area contributed by atoms with E-state index in [1.807, 2.05) is 0 Å². The van der Waals surface area contributed by atoms with Gasteiger partial charge in [0.2, 0.25) is 0 Å². The highest BCUT2D eigenvalue weighted by atomic mass is 19.4. The Kier molecular flexibility index (Phi) is 4.37. The lowest BCUT2D eigenvalue weighted by atomic mass is 9.94.